The molecule has 21 heavy (non-hydrogen) atoms. The number of nitrogens with one attached hydrogen (secondary N) is 1. The van der Waals surface area contributed by atoms with Gasteiger partial charge >= 0.3 is 0 Å². The highest BCUT2D eigenvalue weighted by atomic mass is 32.2. The van der Waals surface area contributed by atoms with Gasteiger partial charge in [-0.3, -0.25) is 9.10 Å². The topological polar surface area (TPSA) is 75.7 Å². The highest BCUT2D eigenvalue weighted by Gasteiger charge is 2.22. The minimum atomic E-state index is -3.51. The second kappa shape index (κ2) is 6.91. The summed E-state index contributed by atoms with van der Waals surface area (Å²) in [6.07, 6.45) is 3.06. The Morgan fingerprint density at radius 1 is 1.38 bits per heavy atom. The summed E-state index contributed by atoms with van der Waals surface area (Å²) in [4.78, 5) is 12.0. The van der Waals surface area contributed by atoms with Crippen molar-refractivity contribution in [2.45, 2.75) is 18.9 Å². The van der Waals surface area contributed by atoms with E-state index in [0.29, 0.717) is 12.2 Å². The van der Waals surface area contributed by atoms with E-state index in [1.54, 1.807) is 30.3 Å². The molecule has 1 aliphatic heterocycles. The van der Waals surface area contributed by atoms with Crippen molar-refractivity contribution in [3.63, 3.8) is 0 Å². The van der Waals surface area contributed by atoms with Crippen LogP contribution in [-0.4, -0.2) is 46.4 Å². The Morgan fingerprint density at radius 2 is 2.10 bits per heavy atom. The van der Waals surface area contributed by atoms with Gasteiger partial charge in [-0.15, -0.1) is 0 Å². The van der Waals surface area contributed by atoms with E-state index < -0.39 is 10.0 Å². The summed E-state index contributed by atoms with van der Waals surface area (Å²) in [7, 11) is -3.51. The molecule has 0 bridgehead atoms. The predicted octanol–water partition coefficient (Wildman–Crippen LogP) is 0.748. The fourth-order valence-corrected chi connectivity index (χ4v) is 3.07. The predicted molar refractivity (Wildman–Crippen MR) is 80.6 cm³/mol. The molecular formula is C14H20N2O4S. The smallest absolute Gasteiger partial charge is 0.240 e. The van der Waals surface area contributed by atoms with Crippen molar-refractivity contribution in [1.82, 2.24) is 5.32 Å². The van der Waals surface area contributed by atoms with Crippen LogP contribution in [0.4, 0.5) is 5.69 Å². The first-order valence-electron chi connectivity index (χ1n) is 6.88. The average Bonchev–Trinajstić information content (AvgIpc) is 2.95. The van der Waals surface area contributed by atoms with Crippen molar-refractivity contribution in [3.8, 4) is 0 Å². The van der Waals surface area contributed by atoms with Crippen LogP contribution in [0, 0.1) is 0 Å². The number of anilines is 1. The van der Waals surface area contributed by atoms with Crippen molar-refractivity contribution in [2.24, 2.45) is 0 Å². The number of hydrogen-bond acceptors (Lipinski definition) is 4. The first-order valence-corrected chi connectivity index (χ1v) is 8.73. The Bertz CT molecular complexity index is 568. The molecule has 6 nitrogen and oxygen atoms in total. The Kier molecular flexibility index (Phi) is 5.19. The standard InChI is InChI=1S/C14H20N2O4S/c1-21(18,19)16(12-6-3-2-4-7-12)11-14(17)15-10-13-8-5-9-20-13/h2-4,6-7,13H,5,8-11H2,1H3,(H,15,17)/t13-/m0/s1. The summed E-state index contributed by atoms with van der Waals surface area (Å²) in [6.45, 7) is 0.917. The molecule has 1 heterocycles. The number of nitrogens with zero attached hydrogens (tertiary/aromatic N) is 1. The third kappa shape index (κ3) is 4.71. The average molecular weight is 312 g/mol. The van der Waals surface area contributed by atoms with E-state index in [1.807, 2.05) is 0 Å². The minimum absolute atomic E-state index is 0.0392. The van der Waals surface area contributed by atoms with Crippen LogP contribution >= 0.6 is 0 Å². The molecule has 1 aromatic rings. The molecule has 116 valence electrons. The Hall–Kier alpha value is -1.60. The van der Waals surface area contributed by atoms with Crippen LogP contribution in [0.15, 0.2) is 30.3 Å². The number of rotatable bonds is 6. The van der Waals surface area contributed by atoms with E-state index in [4.69, 9.17) is 4.74 Å². The Balaban J connectivity index is 1.97. The molecule has 1 atom stereocenters. The fraction of sp³-hybridized carbons (Fsp3) is 0.500. The van der Waals surface area contributed by atoms with Crippen molar-refractivity contribution >= 4 is 21.6 Å². The molecule has 1 aromatic carbocycles. The number of ether oxygens (including phenoxy) is 1. The Labute approximate surface area is 125 Å². The largest absolute Gasteiger partial charge is 0.376 e. The number of hydrogen-bond donors (Lipinski definition) is 1. The quantitative estimate of drug-likeness (QED) is 0.841. The fourth-order valence-electron chi connectivity index (χ4n) is 2.21. The van der Waals surface area contributed by atoms with Crippen LogP contribution in [0.5, 0.6) is 0 Å². The zero-order valence-corrected chi connectivity index (χ0v) is 12.8. The van der Waals surface area contributed by atoms with Crippen LogP contribution in [0.3, 0.4) is 0 Å². The van der Waals surface area contributed by atoms with Gasteiger partial charge in [0.05, 0.1) is 18.0 Å². The number of sulfonamides is 1. The molecule has 0 radical (unpaired) electrons. The van der Waals surface area contributed by atoms with Gasteiger partial charge in [-0.25, -0.2) is 8.42 Å². The second-order valence-corrected chi connectivity index (χ2v) is 6.95. The highest BCUT2D eigenvalue weighted by molar-refractivity contribution is 7.92. The zero-order chi connectivity index (χ0) is 15.3. The maximum atomic E-state index is 12.0. The summed E-state index contributed by atoms with van der Waals surface area (Å²) in [5, 5.41) is 2.73. The molecular weight excluding hydrogens is 292 g/mol. The summed E-state index contributed by atoms with van der Waals surface area (Å²) in [6, 6.07) is 8.58. The molecule has 0 saturated carbocycles. The molecule has 7 heteroatoms. The van der Waals surface area contributed by atoms with E-state index in [2.05, 4.69) is 5.32 Å². The lowest BCUT2D eigenvalue weighted by atomic mass is 10.2. The van der Waals surface area contributed by atoms with E-state index in [9.17, 15) is 13.2 Å². The molecule has 1 fully saturated rings. The molecule has 0 aliphatic carbocycles. The highest BCUT2D eigenvalue weighted by Crippen LogP contribution is 2.16. The third-order valence-corrected chi connectivity index (χ3v) is 4.42. The normalized spacial score (nSPS) is 18.4. The van der Waals surface area contributed by atoms with Gasteiger partial charge in [0.15, 0.2) is 0 Å². The van der Waals surface area contributed by atoms with Gasteiger partial charge in [-0.05, 0) is 25.0 Å². The van der Waals surface area contributed by atoms with Gasteiger partial charge in [0.2, 0.25) is 15.9 Å². The SMILES string of the molecule is CS(=O)(=O)N(CC(=O)NC[C@@H]1CCCO1)c1ccccc1. The summed E-state index contributed by atoms with van der Waals surface area (Å²) in [5.74, 6) is -0.334. The van der Waals surface area contributed by atoms with Crippen LogP contribution in [-0.2, 0) is 19.6 Å². The number of carbonyl (C=O) groups is 1. The van der Waals surface area contributed by atoms with E-state index in [1.165, 1.54) is 0 Å². The first kappa shape index (κ1) is 15.8. The van der Waals surface area contributed by atoms with Gasteiger partial charge < -0.3 is 10.1 Å². The third-order valence-electron chi connectivity index (χ3n) is 3.28. The number of para-hydroxylation sites is 1. The maximum Gasteiger partial charge on any atom is 0.240 e. The van der Waals surface area contributed by atoms with E-state index in [0.717, 1.165) is 30.0 Å². The maximum absolute atomic E-state index is 12.0. The molecule has 1 amide bonds. The molecule has 2 rings (SSSR count). The summed E-state index contributed by atoms with van der Waals surface area (Å²) >= 11 is 0. The van der Waals surface area contributed by atoms with Crippen LogP contribution in [0.25, 0.3) is 0 Å². The van der Waals surface area contributed by atoms with E-state index >= 15 is 0 Å². The van der Waals surface area contributed by atoms with Gasteiger partial charge in [-0.2, -0.15) is 0 Å². The lowest BCUT2D eigenvalue weighted by Crippen LogP contribution is -2.42. The molecule has 1 aliphatic rings. The van der Waals surface area contributed by atoms with Crippen LogP contribution in [0.2, 0.25) is 0 Å². The summed E-state index contributed by atoms with van der Waals surface area (Å²) in [5.41, 5.74) is 0.479. The number of benzene rings is 1. The molecule has 0 aromatic heterocycles. The number of amides is 1. The lowest BCUT2D eigenvalue weighted by Gasteiger charge is -2.22. The van der Waals surface area contributed by atoms with Crippen molar-refractivity contribution in [3.05, 3.63) is 30.3 Å². The van der Waals surface area contributed by atoms with Gasteiger partial charge in [0.25, 0.3) is 0 Å². The van der Waals surface area contributed by atoms with Gasteiger partial charge in [0.1, 0.15) is 6.54 Å². The summed E-state index contributed by atoms with van der Waals surface area (Å²) < 4.78 is 30.2. The second-order valence-electron chi connectivity index (χ2n) is 5.04. The first-order chi connectivity index (χ1) is 9.97. The van der Waals surface area contributed by atoms with Gasteiger partial charge in [0, 0.05) is 13.2 Å². The lowest BCUT2D eigenvalue weighted by molar-refractivity contribution is -0.120. The molecule has 1 saturated heterocycles. The van der Waals surface area contributed by atoms with Crippen molar-refractivity contribution in [1.29, 1.82) is 0 Å². The molecule has 0 unspecified atom stereocenters. The number of carbonyl (C=O) groups excluding carboxylic acids is 1. The monoisotopic (exact) mass is 312 g/mol. The van der Waals surface area contributed by atoms with E-state index in [-0.39, 0.29) is 18.6 Å². The molecule has 1 N–H and O–H groups in total. The van der Waals surface area contributed by atoms with Gasteiger partial charge in [-0.1, -0.05) is 18.2 Å². The van der Waals surface area contributed by atoms with Crippen molar-refractivity contribution in [2.75, 3.05) is 30.3 Å². The Morgan fingerprint density at radius 3 is 2.67 bits per heavy atom. The zero-order valence-electron chi connectivity index (χ0n) is 12.0. The minimum Gasteiger partial charge on any atom is -0.376 e. The van der Waals surface area contributed by atoms with Crippen LogP contribution in [0.1, 0.15) is 12.8 Å². The van der Waals surface area contributed by atoms with Crippen molar-refractivity contribution < 1.29 is 17.9 Å². The van der Waals surface area contributed by atoms with Crippen LogP contribution < -0.4 is 9.62 Å². The molecule has 0 spiro atoms.